The number of aryl methyl sites for hydroxylation is 1. The van der Waals surface area contributed by atoms with E-state index in [0.29, 0.717) is 19.4 Å². The Morgan fingerprint density at radius 1 is 1.38 bits per heavy atom. The van der Waals surface area contributed by atoms with Crippen molar-refractivity contribution < 1.29 is 9.18 Å². The first-order valence-corrected chi connectivity index (χ1v) is 5.60. The van der Waals surface area contributed by atoms with Crippen LogP contribution in [0.25, 0.3) is 0 Å². The second-order valence-corrected chi connectivity index (χ2v) is 4.03. The molecule has 0 heterocycles. The van der Waals surface area contributed by atoms with Gasteiger partial charge in [-0.05, 0) is 49.6 Å². The topological polar surface area (TPSA) is 43.1 Å². The van der Waals surface area contributed by atoms with Crippen LogP contribution < -0.4 is 5.73 Å². The van der Waals surface area contributed by atoms with Crippen molar-refractivity contribution in [2.45, 2.75) is 32.6 Å². The van der Waals surface area contributed by atoms with Crippen LogP contribution in [0.4, 0.5) is 4.39 Å². The van der Waals surface area contributed by atoms with Crippen LogP contribution in [0.3, 0.4) is 0 Å². The van der Waals surface area contributed by atoms with E-state index in [1.54, 1.807) is 6.07 Å². The van der Waals surface area contributed by atoms with E-state index in [4.69, 9.17) is 5.73 Å². The van der Waals surface area contributed by atoms with Crippen LogP contribution in [0.2, 0.25) is 0 Å². The molecular weight excluding hydrogens is 205 g/mol. The van der Waals surface area contributed by atoms with Gasteiger partial charge in [0, 0.05) is 12.8 Å². The third kappa shape index (κ3) is 4.11. The van der Waals surface area contributed by atoms with Crippen molar-refractivity contribution in [1.29, 1.82) is 0 Å². The highest BCUT2D eigenvalue weighted by Gasteiger charge is 2.06. The van der Waals surface area contributed by atoms with E-state index in [2.05, 4.69) is 0 Å². The molecule has 0 aliphatic heterocycles. The number of halogens is 1. The molecule has 0 amide bonds. The van der Waals surface area contributed by atoms with Gasteiger partial charge < -0.3 is 5.73 Å². The van der Waals surface area contributed by atoms with Gasteiger partial charge in [-0.15, -0.1) is 0 Å². The zero-order chi connectivity index (χ0) is 12.0. The van der Waals surface area contributed by atoms with Crippen LogP contribution in [0.1, 0.15) is 30.4 Å². The molecule has 2 nitrogen and oxygen atoms in total. The second-order valence-electron chi connectivity index (χ2n) is 4.03. The van der Waals surface area contributed by atoms with Gasteiger partial charge in [0.05, 0.1) is 0 Å². The second kappa shape index (κ2) is 6.38. The molecule has 0 aliphatic rings. The summed E-state index contributed by atoms with van der Waals surface area (Å²) in [4.78, 5) is 11.6. The number of rotatable bonds is 6. The van der Waals surface area contributed by atoms with Crippen molar-refractivity contribution in [1.82, 2.24) is 0 Å². The van der Waals surface area contributed by atoms with Crippen LogP contribution in [0, 0.1) is 12.7 Å². The van der Waals surface area contributed by atoms with Crippen LogP contribution >= 0.6 is 0 Å². The molecule has 2 N–H and O–H groups in total. The van der Waals surface area contributed by atoms with E-state index in [-0.39, 0.29) is 11.6 Å². The molecule has 1 aromatic carbocycles. The maximum Gasteiger partial charge on any atom is 0.137 e. The summed E-state index contributed by atoms with van der Waals surface area (Å²) in [5.74, 6) is -0.0556. The Kier molecular flexibility index (Phi) is 5.12. The van der Waals surface area contributed by atoms with E-state index in [1.165, 1.54) is 12.1 Å². The Hall–Kier alpha value is -1.22. The molecule has 0 saturated heterocycles. The third-order valence-electron chi connectivity index (χ3n) is 2.60. The van der Waals surface area contributed by atoms with Crippen molar-refractivity contribution in [3.63, 3.8) is 0 Å². The van der Waals surface area contributed by atoms with Crippen molar-refractivity contribution in [3.05, 3.63) is 35.1 Å². The minimum atomic E-state index is -0.253. The molecule has 0 bridgehead atoms. The zero-order valence-electron chi connectivity index (χ0n) is 9.63. The van der Waals surface area contributed by atoms with Gasteiger partial charge in [0.25, 0.3) is 0 Å². The number of nitrogens with two attached hydrogens (primary N) is 1. The lowest BCUT2D eigenvalue weighted by Gasteiger charge is -2.05. The van der Waals surface area contributed by atoms with Crippen LogP contribution in [0.15, 0.2) is 18.2 Å². The van der Waals surface area contributed by atoms with Crippen LogP contribution in [-0.4, -0.2) is 12.3 Å². The molecule has 0 saturated carbocycles. The number of benzene rings is 1. The summed E-state index contributed by atoms with van der Waals surface area (Å²) >= 11 is 0. The predicted molar refractivity (Wildman–Crippen MR) is 62.8 cm³/mol. The van der Waals surface area contributed by atoms with E-state index in [1.807, 2.05) is 6.92 Å². The molecule has 0 aliphatic carbocycles. The fourth-order valence-corrected chi connectivity index (χ4v) is 1.62. The summed E-state index contributed by atoms with van der Waals surface area (Å²) in [7, 11) is 0. The number of hydrogen-bond donors (Lipinski definition) is 1. The summed E-state index contributed by atoms with van der Waals surface area (Å²) in [5, 5.41) is 0. The van der Waals surface area contributed by atoms with Crippen molar-refractivity contribution >= 4 is 5.78 Å². The third-order valence-corrected chi connectivity index (χ3v) is 2.60. The summed E-state index contributed by atoms with van der Waals surface area (Å²) in [5.41, 5.74) is 7.11. The molecule has 0 fully saturated rings. The van der Waals surface area contributed by atoms with Gasteiger partial charge in [0.2, 0.25) is 0 Å². The Bertz CT molecular complexity index is 363. The van der Waals surface area contributed by atoms with Crippen molar-refractivity contribution in [2.75, 3.05) is 6.54 Å². The summed E-state index contributed by atoms with van der Waals surface area (Å²) < 4.78 is 12.8. The first-order chi connectivity index (χ1) is 7.63. The molecule has 0 atom stereocenters. The van der Waals surface area contributed by atoms with E-state index in [0.717, 1.165) is 24.0 Å². The molecule has 88 valence electrons. The van der Waals surface area contributed by atoms with Crippen molar-refractivity contribution in [3.8, 4) is 0 Å². The number of carbonyl (C=O) groups is 1. The number of Topliss-reactive ketones (excluding diaryl/α,β-unsaturated/α-hetero) is 1. The fraction of sp³-hybridized carbons (Fsp3) is 0.462. The maximum atomic E-state index is 12.8. The molecule has 0 unspecified atom stereocenters. The molecule has 0 aromatic heterocycles. The Morgan fingerprint density at radius 3 is 2.75 bits per heavy atom. The highest BCUT2D eigenvalue weighted by atomic mass is 19.1. The quantitative estimate of drug-likeness (QED) is 0.752. The minimum Gasteiger partial charge on any atom is -0.330 e. The van der Waals surface area contributed by atoms with Gasteiger partial charge in [-0.3, -0.25) is 4.79 Å². The lowest BCUT2D eigenvalue weighted by Crippen LogP contribution is -2.06. The Labute approximate surface area is 95.7 Å². The number of hydrogen-bond acceptors (Lipinski definition) is 2. The van der Waals surface area contributed by atoms with E-state index in [9.17, 15) is 9.18 Å². The molecule has 1 rings (SSSR count). The van der Waals surface area contributed by atoms with Gasteiger partial charge in [0.15, 0.2) is 0 Å². The number of unbranched alkanes of at least 4 members (excludes halogenated alkanes) is 1. The van der Waals surface area contributed by atoms with Crippen LogP contribution in [-0.2, 0) is 11.2 Å². The monoisotopic (exact) mass is 223 g/mol. The lowest BCUT2D eigenvalue weighted by atomic mass is 10.0. The zero-order valence-corrected chi connectivity index (χ0v) is 9.63. The van der Waals surface area contributed by atoms with Gasteiger partial charge in [0.1, 0.15) is 11.6 Å². The van der Waals surface area contributed by atoms with E-state index < -0.39 is 0 Å². The molecule has 1 aromatic rings. The largest absolute Gasteiger partial charge is 0.330 e. The van der Waals surface area contributed by atoms with Gasteiger partial charge in [-0.25, -0.2) is 4.39 Å². The highest BCUT2D eigenvalue weighted by molar-refractivity contribution is 5.81. The smallest absolute Gasteiger partial charge is 0.137 e. The number of carbonyl (C=O) groups excluding carboxylic acids is 1. The first kappa shape index (κ1) is 12.8. The van der Waals surface area contributed by atoms with Gasteiger partial charge in [-0.2, -0.15) is 0 Å². The average molecular weight is 223 g/mol. The summed E-state index contributed by atoms with van der Waals surface area (Å²) in [6.45, 7) is 2.45. The standard InChI is InChI=1S/C13H18FNO/c1-10-8-12(14)6-5-11(10)9-13(16)4-2-3-7-15/h5-6,8H,2-4,7,9,15H2,1H3. The molecular formula is C13H18FNO. The van der Waals surface area contributed by atoms with E-state index >= 15 is 0 Å². The normalized spacial score (nSPS) is 10.4. The van der Waals surface area contributed by atoms with Gasteiger partial charge >= 0.3 is 0 Å². The maximum absolute atomic E-state index is 12.8. The summed E-state index contributed by atoms with van der Waals surface area (Å²) in [6, 6.07) is 4.55. The minimum absolute atomic E-state index is 0.197. The Balaban J connectivity index is 2.49. The SMILES string of the molecule is Cc1cc(F)ccc1CC(=O)CCCCN. The molecule has 0 spiro atoms. The van der Waals surface area contributed by atoms with Crippen LogP contribution in [0.5, 0.6) is 0 Å². The van der Waals surface area contributed by atoms with Gasteiger partial charge in [-0.1, -0.05) is 6.07 Å². The fourth-order valence-electron chi connectivity index (χ4n) is 1.62. The Morgan fingerprint density at radius 2 is 2.12 bits per heavy atom. The molecule has 3 heteroatoms. The molecule has 16 heavy (non-hydrogen) atoms. The first-order valence-electron chi connectivity index (χ1n) is 5.60. The van der Waals surface area contributed by atoms with Crippen molar-refractivity contribution in [2.24, 2.45) is 5.73 Å². The predicted octanol–water partition coefficient (Wildman–Crippen LogP) is 2.37. The summed E-state index contributed by atoms with van der Waals surface area (Å²) in [6.07, 6.45) is 2.69. The highest BCUT2D eigenvalue weighted by Crippen LogP contribution is 2.12. The average Bonchev–Trinajstić information content (AvgIpc) is 2.23. The number of ketones is 1. The lowest BCUT2D eigenvalue weighted by molar-refractivity contribution is -0.118. The molecule has 0 radical (unpaired) electrons.